The van der Waals surface area contributed by atoms with Gasteiger partial charge >= 0.3 is 5.97 Å². The Morgan fingerprint density at radius 1 is 0.500 bits per heavy atom. The van der Waals surface area contributed by atoms with Gasteiger partial charge in [-0.3, -0.25) is 9.59 Å². The summed E-state index contributed by atoms with van der Waals surface area (Å²) in [6, 6.07) is -0.840. The van der Waals surface area contributed by atoms with Crippen molar-refractivity contribution in [2.75, 3.05) is 19.8 Å². The minimum Gasteiger partial charge on any atom is -0.466 e. The normalized spacial score (nSPS) is 19.3. The third kappa shape index (κ3) is 40.0. The van der Waals surface area contributed by atoms with E-state index in [2.05, 4.69) is 55.6 Å². The summed E-state index contributed by atoms with van der Waals surface area (Å²) >= 11 is 0. The summed E-state index contributed by atoms with van der Waals surface area (Å²) in [5.74, 6) is -0.212. The molecule has 1 aliphatic rings. The van der Waals surface area contributed by atoms with Gasteiger partial charge in [0.05, 0.1) is 32.0 Å². The van der Waals surface area contributed by atoms with Gasteiger partial charge in [0.2, 0.25) is 5.91 Å². The molecule has 1 aliphatic heterocycles. The summed E-state index contributed by atoms with van der Waals surface area (Å²) in [5.41, 5.74) is 0. The van der Waals surface area contributed by atoms with Gasteiger partial charge < -0.3 is 45.1 Å². The quantitative estimate of drug-likeness (QED) is 0.0195. The highest BCUT2D eigenvalue weighted by Crippen LogP contribution is 2.23. The molecule has 1 amide bonds. The summed E-state index contributed by atoms with van der Waals surface area (Å²) < 4.78 is 16.7. The van der Waals surface area contributed by atoms with Crippen LogP contribution >= 0.6 is 0 Å². The molecule has 1 fully saturated rings. The molecule has 0 saturated carbocycles. The van der Waals surface area contributed by atoms with Gasteiger partial charge in [0.25, 0.3) is 0 Å². The monoisotopic (exact) mass is 1020 g/mol. The van der Waals surface area contributed by atoms with Gasteiger partial charge in [-0.25, -0.2) is 0 Å². The zero-order chi connectivity index (χ0) is 52.4. The van der Waals surface area contributed by atoms with Crippen molar-refractivity contribution in [2.45, 2.75) is 307 Å². The second-order valence-electron chi connectivity index (χ2n) is 20.7. The van der Waals surface area contributed by atoms with Gasteiger partial charge in [0.1, 0.15) is 24.4 Å². The van der Waals surface area contributed by atoms with Crippen LogP contribution in [0.4, 0.5) is 0 Å². The van der Waals surface area contributed by atoms with Crippen LogP contribution in [-0.4, -0.2) is 100 Å². The summed E-state index contributed by atoms with van der Waals surface area (Å²) in [5, 5.41) is 54.3. The molecule has 0 aliphatic carbocycles. The van der Waals surface area contributed by atoms with Gasteiger partial charge in [-0.1, -0.05) is 223 Å². The number of rotatable bonds is 51. The van der Waals surface area contributed by atoms with Gasteiger partial charge in [0, 0.05) is 12.8 Å². The molecule has 0 aromatic carbocycles. The number of aliphatic hydroxyl groups excluding tert-OH is 5. The Balaban J connectivity index is 2.09. The van der Waals surface area contributed by atoms with Crippen molar-refractivity contribution >= 4 is 11.9 Å². The lowest BCUT2D eigenvalue weighted by molar-refractivity contribution is -0.302. The van der Waals surface area contributed by atoms with Crippen LogP contribution in [-0.2, 0) is 23.8 Å². The number of amides is 1. The van der Waals surface area contributed by atoms with Crippen molar-refractivity contribution in [2.24, 2.45) is 0 Å². The zero-order valence-electron chi connectivity index (χ0n) is 46.1. The van der Waals surface area contributed by atoms with Crippen molar-refractivity contribution in [1.29, 1.82) is 0 Å². The molecule has 0 radical (unpaired) electrons. The molecule has 7 unspecified atom stereocenters. The SMILES string of the molecule is CCCC/C=C/CC/C=C/CC/C=C/C(O)C(COC1OC(CO)C(O)C(O)C1O)NC(=O)CCCCCCCCC/C=C\CCCCCCCCCCCCOC(=O)CCCCCCCCCCCCC. The molecule has 1 saturated heterocycles. The maximum atomic E-state index is 13.0. The van der Waals surface area contributed by atoms with Crippen LogP contribution in [0.25, 0.3) is 0 Å². The summed E-state index contributed by atoms with van der Waals surface area (Å²) in [6.45, 7) is 4.26. The fourth-order valence-corrected chi connectivity index (χ4v) is 9.09. The number of carbonyl (C=O) groups is 2. The van der Waals surface area contributed by atoms with E-state index in [4.69, 9.17) is 14.2 Å². The third-order valence-corrected chi connectivity index (χ3v) is 13.9. The number of unbranched alkanes of at least 4 members (excludes halogenated alkanes) is 31. The highest BCUT2D eigenvalue weighted by molar-refractivity contribution is 5.76. The Hall–Kier alpha value is -2.38. The predicted octanol–water partition coefficient (Wildman–Crippen LogP) is 13.7. The number of carbonyl (C=O) groups excluding carboxylic acids is 2. The molecule has 6 N–H and O–H groups in total. The van der Waals surface area contributed by atoms with E-state index in [1.54, 1.807) is 6.08 Å². The number of hydrogen-bond donors (Lipinski definition) is 6. The molecular formula is C61H111NO10. The lowest BCUT2D eigenvalue weighted by atomic mass is 9.99. The van der Waals surface area contributed by atoms with E-state index in [0.717, 1.165) is 89.9 Å². The first-order valence-electron chi connectivity index (χ1n) is 29.9. The van der Waals surface area contributed by atoms with Crippen LogP contribution in [0.2, 0.25) is 0 Å². The first kappa shape index (κ1) is 67.6. The Labute approximate surface area is 440 Å². The van der Waals surface area contributed by atoms with Crippen LogP contribution in [0.3, 0.4) is 0 Å². The Morgan fingerprint density at radius 2 is 0.917 bits per heavy atom. The second kappa shape index (κ2) is 50.8. The lowest BCUT2D eigenvalue weighted by Gasteiger charge is -2.40. The average Bonchev–Trinajstić information content (AvgIpc) is 3.38. The topological polar surface area (TPSA) is 175 Å². The predicted molar refractivity (Wildman–Crippen MR) is 297 cm³/mol. The molecule has 1 heterocycles. The Morgan fingerprint density at radius 3 is 1.42 bits per heavy atom. The van der Waals surface area contributed by atoms with Gasteiger partial charge in [0.15, 0.2) is 6.29 Å². The number of esters is 1. The molecule has 11 nitrogen and oxygen atoms in total. The molecule has 1 rings (SSSR count). The Kier molecular flexibility index (Phi) is 47.7. The van der Waals surface area contributed by atoms with Crippen LogP contribution in [0, 0.1) is 0 Å². The molecule has 0 aromatic rings. The van der Waals surface area contributed by atoms with E-state index in [0.29, 0.717) is 19.4 Å². The van der Waals surface area contributed by atoms with Crippen LogP contribution in [0.1, 0.15) is 264 Å². The second-order valence-corrected chi connectivity index (χ2v) is 20.7. The first-order valence-corrected chi connectivity index (χ1v) is 29.9. The highest BCUT2D eigenvalue weighted by atomic mass is 16.7. The lowest BCUT2D eigenvalue weighted by Crippen LogP contribution is -2.60. The number of hydrogen-bond acceptors (Lipinski definition) is 10. The maximum Gasteiger partial charge on any atom is 0.305 e. The number of allylic oxidation sites excluding steroid dienone is 7. The highest BCUT2D eigenvalue weighted by Gasteiger charge is 2.44. The van der Waals surface area contributed by atoms with E-state index in [9.17, 15) is 35.1 Å². The fraction of sp³-hybridized carbons (Fsp3) is 0.836. The van der Waals surface area contributed by atoms with Crippen LogP contribution in [0.5, 0.6) is 0 Å². The van der Waals surface area contributed by atoms with Crippen molar-refractivity contribution in [3.8, 4) is 0 Å². The fourth-order valence-electron chi connectivity index (χ4n) is 9.09. The van der Waals surface area contributed by atoms with Gasteiger partial charge in [-0.05, 0) is 77.0 Å². The van der Waals surface area contributed by atoms with E-state index < -0.39 is 49.5 Å². The minimum atomic E-state index is -1.58. The summed E-state index contributed by atoms with van der Waals surface area (Å²) in [7, 11) is 0. The van der Waals surface area contributed by atoms with Crippen LogP contribution in [0.15, 0.2) is 48.6 Å². The Bertz CT molecular complexity index is 1340. The number of ether oxygens (including phenoxy) is 3. The van der Waals surface area contributed by atoms with E-state index in [-0.39, 0.29) is 18.5 Å². The molecule has 11 heteroatoms. The van der Waals surface area contributed by atoms with Gasteiger partial charge in [-0.2, -0.15) is 0 Å². The van der Waals surface area contributed by atoms with Gasteiger partial charge in [-0.15, -0.1) is 0 Å². The van der Waals surface area contributed by atoms with E-state index in [1.165, 1.54) is 148 Å². The van der Waals surface area contributed by atoms with Crippen molar-refractivity contribution in [1.82, 2.24) is 5.32 Å². The largest absolute Gasteiger partial charge is 0.466 e. The molecule has 7 atom stereocenters. The van der Waals surface area contributed by atoms with E-state index in [1.807, 2.05) is 6.08 Å². The molecule has 0 spiro atoms. The molecule has 72 heavy (non-hydrogen) atoms. The third-order valence-electron chi connectivity index (χ3n) is 13.9. The van der Waals surface area contributed by atoms with E-state index >= 15 is 0 Å². The van der Waals surface area contributed by atoms with Crippen LogP contribution < -0.4 is 5.32 Å². The molecule has 0 aromatic heterocycles. The summed E-state index contributed by atoms with van der Waals surface area (Å²) in [6.07, 6.45) is 53.5. The maximum absolute atomic E-state index is 13.0. The standard InChI is InChI=1S/C61H111NO10/c1-3-5-7-9-11-13-15-28-31-35-39-43-47-54(64)53(52-71-61-60(69)59(68)58(67)55(51-63)72-61)62-56(65)48-44-40-36-32-29-25-23-21-19-17-16-18-20-22-24-26-30-34-38-42-46-50-70-57(66)49-45-41-37-33-27-14-12-10-8-6-4-2/h9,11,17,19,28,31,43,47,53-55,58-61,63-64,67-69H,3-8,10,12-16,18,20-27,29-30,32-42,44-46,48-52H2,1-2H3,(H,62,65)/b11-9+,19-17-,31-28+,47-43+. The van der Waals surface area contributed by atoms with Crippen molar-refractivity contribution < 1.29 is 49.3 Å². The minimum absolute atomic E-state index is 0.00665. The van der Waals surface area contributed by atoms with Crippen molar-refractivity contribution in [3.05, 3.63) is 48.6 Å². The summed E-state index contributed by atoms with van der Waals surface area (Å²) in [4.78, 5) is 25.0. The molecule has 0 bridgehead atoms. The molecular weight excluding hydrogens is 907 g/mol. The average molecular weight is 1020 g/mol. The number of aliphatic hydroxyl groups is 5. The zero-order valence-corrected chi connectivity index (χ0v) is 46.1. The number of nitrogens with one attached hydrogen (secondary N) is 1. The van der Waals surface area contributed by atoms with Crippen molar-refractivity contribution in [3.63, 3.8) is 0 Å². The molecule has 420 valence electrons. The smallest absolute Gasteiger partial charge is 0.305 e. The first-order chi connectivity index (χ1) is 35.2.